The highest BCUT2D eigenvalue weighted by atomic mass is 32.1. The second-order valence-electron chi connectivity index (χ2n) is 7.19. The Labute approximate surface area is 169 Å². The number of fused-ring (bicyclic) bond motifs is 3. The maximum atomic E-state index is 10.4. The summed E-state index contributed by atoms with van der Waals surface area (Å²) in [7, 11) is 0. The summed E-state index contributed by atoms with van der Waals surface area (Å²) in [6, 6.07) is 8.14. The van der Waals surface area contributed by atoms with Crippen LogP contribution in [0.2, 0.25) is 0 Å². The van der Waals surface area contributed by atoms with Crippen molar-refractivity contribution in [2.24, 2.45) is 0 Å². The molecule has 9 heteroatoms. The van der Waals surface area contributed by atoms with Crippen LogP contribution in [0.4, 0.5) is 5.82 Å². The zero-order valence-corrected chi connectivity index (χ0v) is 16.2. The van der Waals surface area contributed by atoms with Crippen molar-refractivity contribution in [3.8, 4) is 11.1 Å². The van der Waals surface area contributed by atoms with Gasteiger partial charge in [0.15, 0.2) is 0 Å². The van der Waals surface area contributed by atoms with Crippen LogP contribution < -0.4 is 5.73 Å². The van der Waals surface area contributed by atoms with Crippen molar-refractivity contribution in [1.82, 2.24) is 14.5 Å². The fourth-order valence-electron chi connectivity index (χ4n) is 4.04. The van der Waals surface area contributed by atoms with Crippen molar-refractivity contribution in [3.63, 3.8) is 0 Å². The Bertz CT molecular complexity index is 1180. The molecule has 4 heterocycles. The molecule has 0 bridgehead atoms. The first-order valence-electron chi connectivity index (χ1n) is 9.26. The SMILES string of the molecule is Nc1ncnc2c1c1cc(-c3ccsc3)ccc1n2C[C@@H]1O[C@H](CO)[C@@H](O)[C@H]1O. The van der Waals surface area contributed by atoms with Gasteiger partial charge in [0.2, 0.25) is 0 Å². The molecule has 0 saturated carbocycles. The van der Waals surface area contributed by atoms with Gasteiger partial charge >= 0.3 is 0 Å². The number of hydrogen-bond donors (Lipinski definition) is 4. The van der Waals surface area contributed by atoms with Crippen LogP contribution in [-0.4, -0.2) is 60.9 Å². The van der Waals surface area contributed by atoms with Crippen molar-refractivity contribution in [2.45, 2.75) is 31.0 Å². The summed E-state index contributed by atoms with van der Waals surface area (Å²) in [5.74, 6) is 0.377. The molecule has 1 aromatic carbocycles. The highest BCUT2D eigenvalue weighted by Crippen LogP contribution is 2.35. The zero-order chi connectivity index (χ0) is 20.1. The van der Waals surface area contributed by atoms with Crippen LogP contribution in [0, 0.1) is 0 Å². The van der Waals surface area contributed by atoms with E-state index in [9.17, 15) is 15.3 Å². The molecule has 0 unspecified atom stereocenters. The fourth-order valence-corrected chi connectivity index (χ4v) is 4.70. The Morgan fingerprint density at radius 1 is 1.10 bits per heavy atom. The highest BCUT2D eigenvalue weighted by molar-refractivity contribution is 7.08. The zero-order valence-electron chi connectivity index (χ0n) is 15.3. The first-order valence-corrected chi connectivity index (χ1v) is 10.2. The molecular weight excluding hydrogens is 392 g/mol. The van der Waals surface area contributed by atoms with Gasteiger partial charge in [-0.2, -0.15) is 11.3 Å². The summed E-state index contributed by atoms with van der Waals surface area (Å²) in [5.41, 5.74) is 9.89. The van der Waals surface area contributed by atoms with E-state index in [0.717, 1.165) is 27.4 Å². The van der Waals surface area contributed by atoms with Gasteiger partial charge < -0.3 is 30.4 Å². The number of aromatic nitrogens is 3. The van der Waals surface area contributed by atoms with E-state index in [-0.39, 0.29) is 13.2 Å². The van der Waals surface area contributed by atoms with E-state index >= 15 is 0 Å². The Balaban J connectivity index is 1.66. The van der Waals surface area contributed by atoms with Gasteiger partial charge in [-0.25, -0.2) is 9.97 Å². The molecule has 150 valence electrons. The number of rotatable bonds is 4. The van der Waals surface area contributed by atoms with Crippen LogP contribution in [-0.2, 0) is 11.3 Å². The number of thiophene rings is 1. The van der Waals surface area contributed by atoms with Crippen LogP contribution in [0.3, 0.4) is 0 Å². The number of anilines is 1. The summed E-state index contributed by atoms with van der Waals surface area (Å²) in [6.45, 7) is -0.107. The third-order valence-corrected chi connectivity index (χ3v) is 6.21. The van der Waals surface area contributed by atoms with Gasteiger partial charge in [-0.15, -0.1) is 0 Å². The standard InChI is InChI=1S/C20H20N4O4S/c21-19-16-12-5-10(11-3-4-29-8-11)1-2-13(12)24(20(16)23-9-22-19)6-14-17(26)18(27)15(7-25)28-14/h1-5,8-9,14-15,17-18,25-27H,6-7H2,(H2,21,22,23)/t14-,15+,17-,18+/m0/s1. The lowest BCUT2D eigenvalue weighted by Gasteiger charge is -2.17. The smallest absolute Gasteiger partial charge is 0.146 e. The fraction of sp³-hybridized carbons (Fsp3) is 0.300. The van der Waals surface area contributed by atoms with Crippen molar-refractivity contribution >= 4 is 39.1 Å². The molecule has 4 atom stereocenters. The predicted octanol–water partition coefficient (Wildman–Crippen LogP) is 1.38. The third kappa shape index (κ3) is 2.90. The molecule has 0 spiro atoms. The third-order valence-electron chi connectivity index (χ3n) is 5.53. The minimum atomic E-state index is -1.14. The lowest BCUT2D eigenvalue weighted by atomic mass is 10.1. The summed E-state index contributed by atoms with van der Waals surface area (Å²) < 4.78 is 7.59. The topological polar surface area (TPSA) is 127 Å². The summed E-state index contributed by atoms with van der Waals surface area (Å²) in [5, 5.41) is 35.6. The molecule has 8 nitrogen and oxygen atoms in total. The van der Waals surface area contributed by atoms with Crippen LogP contribution in [0.5, 0.6) is 0 Å². The molecule has 0 radical (unpaired) electrons. The van der Waals surface area contributed by atoms with Crippen LogP contribution in [0.25, 0.3) is 33.1 Å². The normalized spacial score (nSPS) is 24.7. The van der Waals surface area contributed by atoms with E-state index in [1.807, 2.05) is 22.1 Å². The molecular formula is C20H20N4O4S. The molecule has 0 amide bonds. The Hall–Kier alpha value is -2.56. The molecule has 1 saturated heterocycles. The average Bonchev–Trinajstić information content (AvgIpc) is 3.43. The van der Waals surface area contributed by atoms with E-state index in [2.05, 4.69) is 27.5 Å². The Kier molecular flexibility index (Phi) is 4.49. The molecule has 1 aliphatic rings. The van der Waals surface area contributed by atoms with E-state index in [1.165, 1.54) is 6.33 Å². The number of nitrogens with two attached hydrogens (primary N) is 1. The summed E-state index contributed by atoms with van der Waals surface area (Å²) >= 11 is 1.63. The number of benzene rings is 1. The van der Waals surface area contributed by atoms with Crippen LogP contribution in [0.15, 0.2) is 41.4 Å². The maximum absolute atomic E-state index is 10.4. The molecule has 5 rings (SSSR count). The van der Waals surface area contributed by atoms with Gasteiger partial charge in [-0.05, 0) is 40.1 Å². The number of aliphatic hydroxyl groups excluding tert-OH is 3. The lowest BCUT2D eigenvalue weighted by Crippen LogP contribution is -2.35. The van der Waals surface area contributed by atoms with Gasteiger partial charge in [-0.3, -0.25) is 0 Å². The van der Waals surface area contributed by atoms with E-state index in [1.54, 1.807) is 11.3 Å². The largest absolute Gasteiger partial charge is 0.394 e. The summed E-state index contributed by atoms with van der Waals surface area (Å²) in [6.07, 6.45) is -2.34. The Morgan fingerprint density at radius 3 is 2.66 bits per heavy atom. The number of hydrogen-bond acceptors (Lipinski definition) is 8. The van der Waals surface area contributed by atoms with Crippen molar-refractivity contribution in [1.29, 1.82) is 0 Å². The molecule has 0 aliphatic carbocycles. The predicted molar refractivity (Wildman–Crippen MR) is 111 cm³/mol. The van der Waals surface area contributed by atoms with E-state index in [4.69, 9.17) is 10.5 Å². The highest BCUT2D eigenvalue weighted by Gasteiger charge is 2.42. The van der Waals surface area contributed by atoms with Crippen LogP contribution in [0.1, 0.15) is 0 Å². The number of ether oxygens (including phenoxy) is 1. The summed E-state index contributed by atoms with van der Waals surface area (Å²) in [4.78, 5) is 8.57. The van der Waals surface area contributed by atoms with Crippen molar-refractivity contribution in [3.05, 3.63) is 41.4 Å². The van der Waals surface area contributed by atoms with E-state index in [0.29, 0.717) is 11.5 Å². The number of nitrogen functional groups attached to an aromatic ring is 1. The Morgan fingerprint density at radius 2 is 1.93 bits per heavy atom. The average molecular weight is 412 g/mol. The van der Waals surface area contributed by atoms with Crippen molar-refractivity contribution < 1.29 is 20.1 Å². The number of aliphatic hydroxyl groups is 3. The first kappa shape index (κ1) is 18.5. The van der Waals surface area contributed by atoms with Crippen molar-refractivity contribution in [2.75, 3.05) is 12.3 Å². The molecule has 29 heavy (non-hydrogen) atoms. The first-order chi connectivity index (χ1) is 14.1. The molecule has 5 N–H and O–H groups in total. The minimum absolute atomic E-state index is 0.253. The van der Waals surface area contributed by atoms with Gasteiger partial charge in [0.1, 0.15) is 42.2 Å². The second kappa shape index (κ2) is 7.05. The second-order valence-corrected chi connectivity index (χ2v) is 7.97. The minimum Gasteiger partial charge on any atom is -0.394 e. The maximum Gasteiger partial charge on any atom is 0.146 e. The van der Waals surface area contributed by atoms with E-state index < -0.39 is 24.4 Å². The van der Waals surface area contributed by atoms with Gasteiger partial charge in [-0.1, -0.05) is 6.07 Å². The molecule has 1 fully saturated rings. The lowest BCUT2D eigenvalue weighted by molar-refractivity contribution is -0.0259. The quantitative estimate of drug-likeness (QED) is 0.399. The molecule has 4 aromatic rings. The number of nitrogens with zero attached hydrogens (tertiary/aromatic N) is 3. The molecule has 3 aromatic heterocycles. The van der Waals surface area contributed by atoms with Crippen LogP contribution >= 0.6 is 11.3 Å². The van der Waals surface area contributed by atoms with Gasteiger partial charge in [0, 0.05) is 5.39 Å². The van der Waals surface area contributed by atoms with Gasteiger partial charge in [0.05, 0.1) is 24.1 Å². The monoisotopic (exact) mass is 412 g/mol. The van der Waals surface area contributed by atoms with Gasteiger partial charge in [0.25, 0.3) is 0 Å². The molecule has 1 aliphatic heterocycles.